The summed E-state index contributed by atoms with van der Waals surface area (Å²) in [5, 5.41) is 2.85. The number of aromatic nitrogens is 1. The van der Waals surface area contributed by atoms with Crippen LogP contribution in [0.4, 0.5) is 0 Å². The fourth-order valence-corrected chi connectivity index (χ4v) is 7.93. The lowest BCUT2D eigenvalue weighted by Gasteiger charge is -2.57. The number of nitrogens with one attached hydrogen (secondary N) is 1. The van der Waals surface area contributed by atoms with Gasteiger partial charge >= 0.3 is 5.97 Å². The lowest BCUT2D eigenvalue weighted by molar-refractivity contribution is -0.160. The predicted molar refractivity (Wildman–Crippen MR) is 132 cm³/mol. The van der Waals surface area contributed by atoms with Gasteiger partial charge in [0.05, 0.1) is 6.42 Å². The summed E-state index contributed by atoms with van der Waals surface area (Å²) in [6.45, 7) is 5.14. The second-order valence-electron chi connectivity index (χ2n) is 11.7. The van der Waals surface area contributed by atoms with Crippen LogP contribution in [0.1, 0.15) is 83.6 Å². The first-order valence-corrected chi connectivity index (χ1v) is 13.4. The van der Waals surface area contributed by atoms with Crippen LogP contribution in [0.3, 0.4) is 0 Å². The SMILES string of the molecule is C[C@]12CC[C@H]3[C@@H](CCC4=CC(=O)CC[C@@]43C)[C@@H]1CC[C@@H]2OC(=O)CCC(=O)NCc1cccnc1. The number of esters is 1. The number of fused-ring (bicyclic) bond motifs is 5. The number of carbonyl (C=O) groups is 3. The summed E-state index contributed by atoms with van der Waals surface area (Å²) in [7, 11) is 0. The number of pyridine rings is 1. The van der Waals surface area contributed by atoms with Crippen molar-refractivity contribution in [2.24, 2.45) is 28.6 Å². The molecule has 0 saturated heterocycles. The molecule has 188 valence electrons. The Balaban J connectivity index is 1.16. The summed E-state index contributed by atoms with van der Waals surface area (Å²) < 4.78 is 6.04. The quantitative estimate of drug-likeness (QED) is 0.587. The van der Waals surface area contributed by atoms with Gasteiger partial charge in [-0.15, -0.1) is 0 Å². The molecule has 1 amide bonds. The lowest BCUT2D eigenvalue weighted by atomic mass is 9.47. The first-order chi connectivity index (χ1) is 16.8. The number of carbonyl (C=O) groups excluding carboxylic acids is 3. The Kier molecular flexibility index (Phi) is 6.58. The first kappa shape index (κ1) is 24.2. The highest BCUT2D eigenvalue weighted by Gasteiger charge is 2.59. The molecule has 0 aromatic carbocycles. The smallest absolute Gasteiger partial charge is 0.306 e. The molecule has 6 heteroatoms. The minimum absolute atomic E-state index is 0.0153. The van der Waals surface area contributed by atoms with Gasteiger partial charge in [0.25, 0.3) is 0 Å². The summed E-state index contributed by atoms with van der Waals surface area (Å²) in [5.41, 5.74) is 2.50. The van der Waals surface area contributed by atoms with Crippen LogP contribution in [0.15, 0.2) is 36.2 Å². The van der Waals surface area contributed by atoms with Crippen LogP contribution in [0.2, 0.25) is 0 Å². The van der Waals surface area contributed by atoms with Crippen molar-refractivity contribution in [3.63, 3.8) is 0 Å². The van der Waals surface area contributed by atoms with Gasteiger partial charge in [-0.05, 0) is 85.8 Å². The normalized spacial score (nSPS) is 35.8. The summed E-state index contributed by atoms with van der Waals surface area (Å²) in [4.78, 5) is 41.0. The lowest BCUT2D eigenvalue weighted by Crippen LogP contribution is -2.51. The van der Waals surface area contributed by atoms with E-state index >= 15 is 0 Å². The van der Waals surface area contributed by atoms with E-state index in [4.69, 9.17) is 4.74 Å². The summed E-state index contributed by atoms with van der Waals surface area (Å²) in [5.74, 6) is 1.74. The van der Waals surface area contributed by atoms with Crippen molar-refractivity contribution in [2.75, 3.05) is 0 Å². The minimum atomic E-state index is -0.262. The van der Waals surface area contributed by atoms with Gasteiger partial charge in [0.2, 0.25) is 5.91 Å². The average Bonchev–Trinajstić information content (AvgIpc) is 3.18. The molecule has 1 N–H and O–H groups in total. The highest BCUT2D eigenvalue weighted by Crippen LogP contribution is 2.65. The number of ketones is 1. The molecule has 1 heterocycles. The number of ether oxygens (including phenoxy) is 1. The van der Waals surface area contributed by atoms with Gasteiger partial charge in [-0.1, -0.05) is 25.5 Å². The van der Waals surface area contributed by atoms with Gasteiger partial charge < -0.3 is 10.1 Å². The Morgan fingerprint density at radius 3 is 2.74 bits per heavy atom. The van der Waals surface area contributed by atoms with Crippen LogP contribution in [-0.4, -0.2) is 28.7 Å². The molecule has 0 spiro atoms. The maximum atomic E-state index is 12.7. The number of hydrogen-bond acceptors (Lipinski definition) is 5. The van der Waals surface area contributed by atoms with Crippen LogP contribution in [0.5, 0.6) is 0 Å². The molecule has 0 aliphatic heterocycles. The minimum Gasteiger partial charge on any atom is -0.462 e. The van der Waals surface area contributed by atoms with Crippen molar-refractivity contribution >= 4 is 17.7 Å². The van der Waals surface area contributed by atoms with E-state index in [0.29, 0.717) is 36.5 Å². The molecule has 3 saturated carbocycles. The third-order valence-electron chi connectivity index (χ3n) is 9.92. The van der Waals surface area contributed by atoms with Crippen LogP contribution in [-0.2, 0) is 25.7 Å². The Labute approximate surface area is 208 Å². The van der Waals surface area contributed by atoms with Gasteiger partial charge in [-0.2, -0.15) is 0 Å². The van der Waals surface area contributed by atoms with Crippen molar-refractivity contribution in [1.82, 2.24) is 10.3 Å². The number of amides is 1. The van der Waals surface area contributed by atoms with Crippen molar-refractivity contribution in [3.05, 3.63) is 41.7 Å². The van der Waals surface area contributed by atoms with E-state index in [1.807, 2.05) is 18.2 Å². The second-order valence-corrected chi connectivity index (χ2v) is 11.7. The van der Waals surface area contributed by atoms with Crippen molar-refractivity contribution in [3.8, 4) is 0 Å². The molecular weight excluding hydrogens is 440 g/mol. The van der Waals surface area contributed by atoms with Gasteiger partial charge in [0, 0.05) is 37.2 Å². The van der Waals surface area contributed by atoms with Gasteiger partial charge in [-0.25, -0.2) is 0 Å². The Morgan fingerprint density at radius 1 is 1.09 bits per heavy atom. The number of rotatable bonds is 6. The maximum Gasteiger partial charge on any atom is 0.306 e. The molecule has 3 fully saturated rings. The van der Waals surface area contributed by atoms with Crippen LogP contribution in [0, 0.1) is 28.6 Å². The Bertz CT molecular complexity index is 1020. The van der Waals surface area contributed by atoms with E-state index < -0.39 is 0 Å². The van der Waals surface area contributed by atoms with Crippen molar-refractivity contribution < 1.29 is 19.1 Å². The molecular formula is C29H38N2O4. The molecule has 4 aliphatic rings. The van der Waals surface area contributed by atoms with E-state index in [0.717, 1.165) is 50.5 Å². The fraction of sp³-hybridized carbons (Fsp3) is 0.655. The van der Waals surface area contributed by atoms with Gasteiger partial charge in [0.15, 0.2) is 5.78 Å². The molecule has 6 atom stereocenters. The summed E-state index contributed by atoms with van der Waals surface area (Å²) >= 11 is 0. The maximum absolute atomic E-state index is 12.7. The van der Waals surface area contributed by atoms with E-state index in [-0.39, 0.29) is 41.7 Å². The van der Waals surface area contributed by atoms with E-state index in [1.165, 1.54) is 5.57 Å². The largest absolute Gasteiger partial charge is 0.462 e. The van der Waals surface area contributed by atoms with Gasteiger partial charge in [-0.3, -0.25) is 19.4 Å². The molecule has 0 unspecified atom stereocenters. The zero-order chi connectivity index (χ0) is 24.6. The Morgan fingerprint density at radius 2 is 1.94 bits per heavy atom. The van der Waals surface area contributed by atoms with E-state index in [9.17, 15) is 14.4 Å². The number of nitrogens with zero attached hydrogens (tertiary/aromatic N) is 1. The highest BCUT2D eigenvalue weighted by atomic mass is 16.5. The van der Waals surface area contributed by atoms with Crippen molar-refractivity contribution in [2.45, 2.75) is 90.7 Å². The van der Waals surface area contributed by atoms with E-state index in [2.05, 4.69) is 24.1 Å². The van der Waals surface area contributed by atoms with Gasteiger partial charge in [0.1, 0.15) is 6.10 Å². The summed E-state index contributed by atoms with van der Waals surface area (Å²) in [6.07, 6.45) is 13.7. The average molecular weight is 479 g/mol. The second kappa shape index (κ2) is 9.51. The third kappa shape index (κ3) is 4.56. The third-order valence-corrected chi connectivity index (χ3v) is 9.92. The molecule has 1 aromatic heterocycles. The standard InChI is InChI=1S/C29H38N2O4/c1-28-13-11-21(32)16-20(28)5-6-22-23-7-8-25(29(23,2)14-12-24(22)28)35-27(34)10-9-26(33)31-18-19-4-3-15-30-17-19/h3-4,15-17,22-25H,5-14,18H2,1-2H3,(H,31,33)/t22-,23-,24-,25-,28-,29-/m0/s1. The first-order valence-electron chi connectivity index (χ1n) is 13.4. The molecule has 35 heavy (non-hydrogen) atoms. The molecule has 4 aliphatic carbocycles. The van der Waals surface area contributed by atoms with Crippen LogP contribution >= 0.6 is 0 Å². The van der Waals surface area contributed by atoms with E-state index in [1.54, 1.807) is 12.4 Å². The summed E-state index contributed by atoms with van der Waals surface area (Å²) in [6, 6.07) is 3.74. The molecule has 6 nitrogen and oxygen atoms in total. The number of allylic oxidation sites excluding steroid dienone is 1. The molecule has 1 aromatic rings. The van der Waals surface area contributed by atoms with Crippen LogP contribution < -0.4 is 5.32 Å². The topological polar surface area (TPSA) is 85.4 Å². The highest BCUT2D eigenvalue weighted by molar-refractivity contribution is 5.91. The fourth-order valence-electron chi connectivity index (χ4n) is 7.93. The van der Waals surface area contributed by atoms with Crippen molar-refractivity contribution in [1.29, 1.82) is 0 Å². The molecule has 0 bridgehead atoms. The monoisotopic (exact) mass is 478 g/mol. The Hall–Kier alpha value is -2.50. The predicted octanol–water partition coefficient (Wildman–Crippen LogP) is 4.92. The zero-order valence-corrected chi connectivity index (χ0v) is 21.1. The van der Waals surface area contributed by atoms with Crippen LogP contribution in [0.25, 0.3) is 0 Å². The molecule has 0 radical (unpaired) electrons. The zero-order valence-electron chi connectivity index (χ0n) is 21.1. The molecule has 5 rings (SSSR count). The number of hydrogen-bond donors (Lipinski definition) is 1.